The van der Waals surface area contributed by atoms with Crippen LogP contribution in [0.3, 0.4) is 0 Å². The van der Waals surface area contributed by atoms with E-state index in [0.29, 0.717) is 19.3 Å². The quantitative estimate of drug-likeness (QED) is 0.316. The number of carbonyl (C=O) groups is 1. The van der Waals surface area contributed by atoms with Gasteiger partial charge in [-0.3, -0.25) is 4.79 Å². The molecule has 1 heterocycles. The Bertz CT molecular complexity index is 1150. The second kappa shape index (κ2) is 11.7. The fourth-order valence-corrected chi connectivity index (χ4v) is 6.17. The highest BCUT2D eigenvalue weighted by molar-refractivity contribution is 5.99. The van der Waals surface area contributed by atoms with Crippen molar-refractivity contribution in [3.63, 3.8) is 0 Å². The third-order valence-corrected chi connectivity index (χ3v) is 7.84. The van der Waals surface area contributed by atoms with Crippen molar-refractivity contribution < 1.29 is 9.53 Å². The Kier molecular flexibility index (Phi) is 7.98. The Morgan fingerprint density at radius 3 is 2.08 bits per heavy atom. The minimum Gasteiger partial charge on any atom is -0.377 e. The maximum atomic E-state index is 14.2. The Morgan fingerprint density at radius 1 is 0.833 bits per heavy atom. The molecular formula is C33H37NO2. The molecule has 0 unspecified atom stereocenters. The molecule has 0 amide bonds. The third kappa shape index (κ3) is 5.17. The molecule has 0 aromatic heterocycles. The minimum atomic E-state index is -0.167. The van der Waals surface area contributed by atoms with Crippen molar-refractivity contribution in [2.24, 2.45) is 5.92 Å². The predicted octanol–water partition coefficient (Wildman–Crippen LogP) is 7.37. The minimum absolute atomic E-state index is 0.0273. The maximum absolute atomic E-state index is 14.2. The van der Waals surface area contributed by atoms with Gasteiger partial charge in [-0.15, -0.1) is 0 Å². The summed E-state index contributed by atoms with van der Waals surface area (Å²) in [5.74, 6) is 0.0338. The first-order valence-electron chi connectivity index (χ1n) is 13.5. The molecular weight excluding hydrogens is 442 g/mol. The van der Waals surface area contributed by atoms with Crippen molar-refractivity contribution >= 4 is 11.5 Å². The zero-order valence-corrected chi connectivity index (χ0v) is 21.3. The van der Waals surface area contributed by atoms with Gasteiger partial charge >= 0.3 is 0 Å². The van der Waals surface area contributed by atoms with Gasteiger partial charge in [-0.05, 0) is 36.5 Å². The summed E-state index contributed by atoms with van der Waals surface area (Å²) in [5.41, 5.74) is 5.73. The first kappa shape index (κ1) is 24.5. The van der Waals surface area contributed by atoms with Gasteiger partial charge in [0, 0.05) is 36.4 Å². The lowest BCUT2D eigenvalue weighted by atomic mass is 9.72. The number of ether oxygens (including phenoxy) is 1. The van der Waals surface area contributed by atoms with E-state index in [2.05, 4.69) is 72.5 Å². The van der Waals surface area contributed by atoms with Crippen LogP contribution in [0.1, 0.15) is 66.4 Å². The summed E-state index contributed by atoms with van der Waals surface area (Å²) in [6.45, 7) is 3.96. The number of ketones is 1. The number of carbonyl (C=O) groups excluding carboxylic acids is 1. The highest BCUT2D eigenvalue weighted by Crippen LogP contribution is 2.46. The van der Waals surface area contributed by atoms with Crippen LogP contribution in [0.15, 0.2) is 96.6 Å². The van der Waals surface area contributed by atoms with Crippen LogP contribution in [0.25, 0.3) is 5.70 Å². The molecule has 3 aromatic carbocycles. The number of benzene rings is 3. The molecule has 2 atom stereocenters. The number of nitrogens with zero attached hydrogens (tertiary/aromatic N) is 1. The Labute approximate surface area is 215 Å². The zero-order valence-electron chi connectivity index (χ0n) is 21.3. The van der Waals surface area contributed by atoms with Crippen LogP contribution in [-0.4, -0.2) is 36.5 Å². The second-order valence-electron chi connectivity index (χ2n) is 10.0. The summed E-state index contributed by atoms with van der Waals surface area (Å²) >= 11 is 0. The molecule has 0 saturated heterocycles. The molecule has 3 nitrogen and oxygen atoms in total. The first-order chi connectivity index (χ1) is 17.8. The number of rotatable bonds is 8. The first-order valence-corrected chi connectivity index (χ1v) is 13.5. The molecule has 0 radical (unpaired) electrons. The van der Waals surface area contributed by atoms with Crippen LogP contribution < -0.4 is 0 Å². The van der Waals surface area contributed by atoms with Gasteiger partial charge in [-0.1, -0.05) is 110 Å². The Hall–Kier alpha value is -3.17. The van der Waals surface area contributed by atoms with Gasteiger partial charge in [0.25, 0.3) is 0 Å². The number of Topliss-reactive ketones (excluding diaryl/α,β-unsaturated/α-hetero) is 1. The molecule has 1 aliphatic carbocycles. The summed E-state index contributed by atoms with van der Waals surface area (Å²) in [7, 11) is 0. The molecule has 0 spiro atoms. The predicted molar refractivity (Wildman–Crippen MR) is 147 cm³/mol. The van der Waals surface area contributed by atoms with Crippen molar-refractivity contribution in [3.05, 3.63) is 113 Å². The van der Waals surface area contributed by atoms with Crippen LogP contribution in [0.2, 0.25) is 0 Å². The van der Waals surface area contributed by atoms with E-state index >= 15 is 0 Å². The molecule has 0 bridgehead atoms. The van der Waals surface area contributed by atoms with Gasteiger partial charge in [0.05, 0.1) is 12.5 Å². The van der Waals surface area contributed by atoms with Crippen molar-refractivity contribution in [2.45, 2.75) is 51.0 Å². The van der Waals surface area contributed by atoms with E-state index in [1.54, 1.807) is 0 Å². The smallest absolute Gasteiger partial charge is 0.168 e. The lowest BCUT2D eigenvalue weighted by Gasteiger charge is -2.47. The number of hydrogen-bond acceptors (Lipinski definition) is 3. The summed E-state index contributed by atoms with van der Waals surface area (Å²) in [5, 5.41) is 0. The topological polar surface area (TPSA) is 29.5 Å². The average Bonchev–Trinajstić information content (AvgIpc) is 2.96. The Balaban J connectivity index is 1.71. The van der Waals surface area contributed by atoms with Gasteiger partial charge in [-0.25, -0.2) is 0 Å². The van der Waals surface area contributed by atoms with Crippen molar-refractivity contribution in [1.82, 2.24) is 4.90 Å². The zero-order chi connectivity index (χ0) is 24.7. The summed E-state index contributed by atoms with van der Waals surface area (Å²) < 4.78 is 6.15. The molecule has 3 aromatic rings. The summed E-state index contributed by atoms with van der Waals surface area (Å²) in [4.78, 5) is 16.8. The van der Waals surface area contributed by atoms with E-state index in [1.165, 1.54) is 54.5 Å². The van der Waals surface area contributed by atoms with Crippen LogP contribution in [-0.2, 0) is 4.74 Å². The van der Waals surface area contributed by atoms with Crippen molar-refractivity contribution in [3.8, 4) is 0 Å². The van der Waals surface area contributed by atoms with Gasteiger partial charge in [0.2, 0.25) is 0 Å². The van der Waals surface area contributed by atoms with Crippen LogP contribution in [0, 0.1) is 5.92 Å². The fraction of sp³-hybridized carbons (Fsp3) is 0.364. The summed E-state index contributed by atoms with van der Waals surface area (Å²) in [6, 6.07) is 31.7. The molecule has 1 aliphatic heterocycles. The maximum Gasteiger partial charge on any atom is 0.168 e. The Morgan fingerprint density at radius 2 is 1.44 bits per heavy atom. The van der Waals surface area contributed by atoms with Crippen LogP contribution in [0.5, 0.6) is 0 Å². The van der Waals surface area contributed by atoms with Crippen molar-refractivity contribution in [1.29, 1.82) is 0 Å². The van der Waals surface area contributed by atoms with E-state index in [0.717, 1.165) is 12.1 Å². The standard InChI is InChI=1S/C33H37NO2/c1-2-36-24-30-31(25-15-7-3-8-16-25)29(33(35)27-19-11-5-12-20-27)23-34(28-21-13-6-14-22-28)32(30)26-17-9-4-10-18-26/h3-5,7-12,15-20,28-29,31H,2,6,13-14,21-24H2,1H3/t29-,31-/m1/s1. The fourth-order valence-electron chi connectivity index (χ4n) is 6.17. The molecule has 186 valence electrons. The lowest BCUT2D eigenvalue weighted by Crippen LogP contribution is -2.47. The van der Waals surface area contributed by atoms with Crippen LogP contribution >= 0.6 is 0 Å². The van der Waals surface area contributed by atoms with E-state index < -0.39 is 0 Å². The third-order valence-electron chi connectivity index (χ3n) is 7.84. The molecule has 1 fully saturated rings. The number of hydrogen-bond donors (Lipinski definition) is 0. The monoisotopic (exact) mass is 479 g/mol. The molecule has 5 rings (SSSR count). The van der Waals surface area contributed by atoms with Gasteiger partial charge in [0.15, 0.2) is 5.78 Å². The average molecular weight is 480 g/mol. The second-order valence-corrected chi connectivity index (χ2v) is 10.0. The van der Waals surface area contributed by atoms with Crippen LogP contribution in [0.4, 0.5) is 0 Å². The lowest BCUT2D eigenvalue weighted by molar-refractivity contribution is 0.0826. The normalized spacial score (nSPS) is 21.0. The van der Waals surface area contributed by atoms with E-state index in [-0.39, 0.29) is 17.6 Å². The van der Waals surface area contributed by atoms with Gasteiger partial charge < -0.3 is 9.64 Å². The van der Waals surface area contributed by atoms with E-state index in [9.17, 15) is 4.79 Å². The van der Waals surface area contributed by atoms with E-state index in [4.69, 9.17) is 4.74 Å². The summed E-state index contributed by atoms with van der Waals surface area (Å²) in [6.07, 6.45) is 6.17. The largest absolute Gasteiger partial charge is 0.377 e. The van der Waals surface area contributed by atoms with Gasteiger partial charge in [-0.2, -0.15) is 0 Å². The SMILES string of the molecule is CCOCC1=C(c2ccccc2)N(C2CCCCC2)C[C@@H](C(=O)c2ccccc2)[C@H]1c1ccccc1. The molecule has 1 saturated carbocycles. The van der Waals surface area contributed by atoms with Crippen molar-refractivity contribution in [2.75, 3.05) is 19.8 Å². The highest BCUT2D eigenvalue weighted by Gasteiger charge is 2.42. The van der Waals surface area contributed by atoms with E-state index in [1.807, 2.05) is 30.3 Å². The highest BCUT2D eigenvalue weighted by atomic mass is 16.5. The molecule has 36 heavy (non-hydrogen) atoms. The molecule has 0 N–H and O–H groups in total. The van der Waals surface area contributed by atoms with Gasteiger partial charge in [0.1, 0.15) is 0 Å². The molecule has 2 aliphatic rings. The molecule has 3 heteroatoms.